The van der Waals surface area contributed by atoms with E-state index in [-0.39, 0.29) is 22.9 Å². The van der Waals surface area contributed by atoms with E-state index in [0.717, 1.165) is 22.1 Å². The van der Waals surface area contributed by atoms with Crippen LogP contribution >= 0.6 is 0 Å². The van der Waals surface area contributed by atoms with E-state index >= 15 is 0 Å². The predicted molar refractivity (Wildman–Crippen MR) is 192 cm³/mol. The molecule has 0 saturated carbocycles. The molecule has 3 heterocycles. The maximum Gasteiger partial charge on any atom is 0.410 e. The van der Waals surface area contributed by atoms with Crippen LogP contribution in [0.4, 0.5) is 4.79 Å². The third-order valence-corrected chi connectivity index (χ3v) is 12.6. The minimum atomic E-state index is -3.87. The number of hydrogen-bond donors (Lipinski definition) is 0. The fourth-order valence-corrected chi connectivity index (χ4v) is 9.24. The van der Waals surface area contributed by atoms with Crippen molar-refractivity contribution >= 4 is 47.9 Å². The summed E-state index contributed by atoms with van der Waals surface area (Å²) in [5.41, 5.74) is 3.00. The third-order valence-electron chi connectivity index (χ3n) is 9.23. The van der Waals surface area contributed by atoms with Gasteiger partial charge in [0.05, 0.1) is 27.4 Å². The highest BCUT2D eigenvalue weighted by Gasteiger charge is 2.41. The molecule has 0 radical (unpaired) electrons. The van der Waals surface area contributed by atoms with Crippen LogP contribution in [0, 0.1) is 13.8 Å². The van der Waals surface area contributed by atoms with Gasteiger partial charge in [-0.3, -0.25) is 4.90 Å². The van der Waals surface area contributed by atoms with E-state index in [0.29, 0.717) is 28.6 Å². The van der Waals surface area contributed by atoms with Crippen LogP contribution in [0.25, 0.3) is 21.8 Å². The Kier molecular flexibility index (Phi) is 8.26. The second-order valence-electron chi connectivity index (χ2n) is 13.3. The number of nitrogens with zero attached hydrogens (tertiary/aromatic N) is 3. The quantitative estimate of drug-likeness (QED) is 0.152. The molecule has 2 aromatic heterocycles. The summed E-state index contributed by atoms with van der Waals surface area (Å²) >= 11 is 0. The SMILES string of the molecule is Cc1ccc(S(=O)(=O)n2cc(CC(C)(C)N3C[C@@H](COc4cccc5c4ccn5S(=O)(=O)c4ccc(C)cc4)OC3=O)c3ccccc32)cc1. The fraction of sp³-hybridized carbons (Fsp3) is 0.237. The molecule has 1 aliphatic rings. The molecule has 0 spiro atoms. The summed E-state index contributed by atoms with van der Waals surface area (Å²) in [5.74, 6) is 0.469. The van der Waals surface area contributed by atoms with Crippen molar-refractivity contribution in [1.29, 1.82) is 0 Å². The topological polar surface area (TPSA) is 117 Å². The van der Waals surface area contributed by atoms with Crippen LogP contribution in [0.15, 0.2) is 119 Å². The van der Waals surface area contributed by atoms with Gasteiger partial charge in [-0.25, -0.2) is 29.6 Å². The molecule has 0 bridgehead atoms. The molecule has 1 amide bonds. The molecule has 7 rings (SSSR count). The Morgan fingerprint density at radius 3 is 1.98 bits per heavy atom. The predicted octanol–water partition coefficient (Wildman–Crippen LogP) is 6.91. The third kappa shape index (κ3) is 5.92. The minimum absolute atomic E-state index is 0.0570. The van der Waals surface area contributed by atoms with Gasteiger partial charge in [-0.15, -0.1) is 0 Å². The van der Waals surface area contributed by atoms with E-state index in [4.69, 9.17) is 9.47 Å². The number of aryl methyl sites for hydroxylation is 2. The van der Waals surface area contributed by atoms with Crippen LogP contribution < -0.4 is 4.74 Å². The number of amides is 1. The molecule has 1 aliphatic heterocycles. The summed E-state index contributed by atoms with van der Waals surface area (Å²) in [6, 6.07) is 27.7. The molecular weight excluding hydrogens is 675 g/mol. The number of rotatable bonds is 10. The van der Waals surface area contributed by atoms with Gasteiger partial charge in [-0.1, -0.05) is 59.7 Å². The lowest BCUT2D eigenvalue weighted by atomic mass is 9.93. The molecule has 4 aromatic carbocycles. The maximum absolute atomic E-state index is 13.7. The number of carbonyl (C=O) groups excluding carboxylic acids is 1. The maximum atomic E-state index is 13.7. The van der Waals surface area contributed by atoms with E-state index in [1.807, 2.05) is 39.8 Å². The average molecular weight is 712 g/mol. The van der Waals surface area contributed by atoms with Gasteiger partial charge in [0, 0.05) is 28.7 Å². The molecule has 6 aromatic rings. The lowest BCUT2D eigenvalue weighted by molar-refractivity contribution is 0.0986. The second kappa shape index (κ2) is 12.4. The normalized spacial score (nSPS) is 15.6. The number of cyclic esters (lactones) is 1. The van der Waals surface area contributed by atoms with Crippen LogP contribution in [0.2, 0.25) is 0 Å². The first-order valence-electron chi connectivity index (χ1n) is 16.2. The van der Waals surface area contributed by atoms with Gasteiger partial charge in [0.1, 0.15) is 12.4 Å². The van der Waals surface area contributed by atoms with Crippen LogP contribution in [0.1, 0.15) is 30.5 Å². The van der Waals surface area contributed by atoms with Gasteiger partial charge in [0.15, 0.2) is 6.10 Å². The van der Waals surface area contributed by atoms with E-state index in [1.165, 1.54) is 14.1 Å². The van der Waals surface area contributed by atoms with Crippen molar-refractivity contribution in [3.8, 4) is 5.75 Å². The van der Waals surface area contributed by atoms with Crippen LogP contribution in [-0.2, 0) is 31.2 Å². The summed E-state index contributed by atoms with van der Waals surface area (Å²) < 4.78 is 68.7. The van der Waals surface area contributed by atoms with Gasteiger partial charge in [-0.2, -0.15) is 0 Å². The van der Waals surface area contributed by atoms with Gasteiger partial charge >= 0.3 is 6.09 Å². The second-order valence-corrected chi connectivity index (χ2v) is 17.0. The van der Waals surface area contributed by atoms with Gasteiger partial charge in [-0.05, 0) is 88.2 Å². The number of aromatic nitrogens is 2. The first-order valence-corrected chi connectivity index (χ1v) is 19.1. The monoisotopic (exact) mass is 711 g/mol. The number of carbonyl (C=O) groups is 1. The molecule has 0 unspecified atom stereocenters. The Labute approximate surface area is 291 Å². The number of fused-ring (bicyclic) bond motifs is 2. The first-order chi connectivity index (χ1) is 23.8. The number of hydrogen-bond acceptors (Lipinski definition) is 7. The number of ether oxygens (including phenoxy) is 2. The highest BCUT2D eigenvalue weighted by Crippen LogP contribution is 2.34. The summed E-state index contributed by atoms with van der Waals surface area (Å²) in [6.07, 6.45) is 2.45. The van der Waals surface area contributed by atoms with Gasteiger partial charge < -0.3 is 9.47 Å². The fourth-order valence-electron chi connectivity index (χ4n) is 6.50. The van der Waals surface area contributed by atoms with E-state index in [2.05, 4.69) is 0 Å². The minimum Gasteiger partial charge on any atom is -0.489 e. The molecule has 50 heavy (non-hydrogen) atoms. The molecule has 1 fully saturated rings. The molecule has 12 heteroatoms. The zero-order valence-corrected chi connectivity index (χ0v) is 29.7. The zero-order chi connectivity index (χ0) is 35.4. The molecule has 1 atom stereocenters. The molecule has 258 valence electrons. The lowest BCUT2D eigenvalue weighted by Gasteiger charge is -2.33. The summed E-state index contributed by atoms with van der Waals surface area (Å²) in [6.45, 7) is 7.97. The lowest BCUT2D eigenvalue weighted by Crippen LogP contribution is -2.46. The standard InChI is InChI=1S/C38H37N3O7S2/c1-26-12-16-30(17-13-26)49(43,44)40-21-20-33-35(40)10-7-11-36(33)47-25-29-24-39(37(42)48-29)38(3,4)22-28-23-41(34-9-6-5-8-32(28)34)50(45,46)31-18-14-27(2)15-19-31/h5-21,23,29H,22,24-25H2,1-4H3/t29-/m0/s1. The largest absolute Gasteiger partial charge is 0.489 e. The van der Waals surface area contributed by atoms with Crippen molar-refractivity contribution in [2.45, 2.75) is 55.5 Å². The van der Waals surface area contributed by atoms with Crippen molar-refractivity contribution < 1.29 is 31.1 Å². The highest BCUT2D eigenvalue weighted by molar-refractivity contribution is 7.90. The Balaban J connectivity index is 1.08. The van der Waals surface area contributed by atoms with Gasteiger partial charge in [0.2, 0.25) is 0 Å². The van der Waals surface area contributed by atoms with Crippen molar-refractivity contribution in [3.05, 3.63) is 126 Å². The molecule has 0 aliphatic carbocycles. The summed E-state index contributed by atoms with van der Waals surface area (Å²) in [7, 11) is -7.70. The van der Waals surface area contributed by atoms with Crippen LogP contribution in [-0.4, -0.2) is 60.6 Å². The Hall–Kier alpha value is -5.07. The van der Waals surface area contributed by atoms with Gasteiger partial charge in [0.25, 0.3) is 20.0 Å². The van der Waals surface area contributed by atoms with E-state index in [9.17, 15) is 21.6 Å². The van der Waals surface area contributed by atoms with Crippen molar-refractivity contribution in [1.82, 2.24) is 12.8 Å². The highest BCUT2D eigenvalue weighted by atomic mass is 32.2. The van der Waals surface area contributed by atoms with E-state index in [1.54, 1.807) is 96.0 Å². The Morgan fingerprint density at radius 1 is 0.740 bits per heavy atom. The van der Waals surface area contributed by atoms with Crippen LogP contribution in [0.5, 0.6) is 5.75 Å². The Morgan fingerprint density at radius 2 is 1.32 bits per heavy atom. The van der Waals surface area contributed by atoms with Crippen molar-refractivity contribution in [2.75, 3.05) is 13.2 Å². The number of para-hydroxylation sites is 1. The van der Waals surface area contributed by atoms with Crippen LogP contribution in [0.3, 0.4) is 0 Å². The molecular formula is C38H37N3O7S2. The van der Waals surface area contributed by atoms with Crippen molar-refractivity contribution in [2.24, 2.45) is 0 Å². The van der Waals surface area contributed by atoms with E-state index < -0.39 is 37.8 Å². The van der Waals surface area contributed by atoms with Crippen molar-refractivity contribution in [3.63, 3.8) is 0 Å². The first kappa shape index (κ1) is 33.4. The summed E-state index contributed by atoms with van der Waals surface area (Å²) in [5, 5.41) is 1.40. The molecule has 1 saturated heterocycles. The molecule has 10 nitrogen and oxygen atoms in total. The zero-order valence-electron chi connectivity index (χ0n) is 28.1. The smallest absolute Gasteiger partial charge is 0.410 e. The average Bonchev–Trinajstić information content (AvgIpc) is 3.80. The summed E-state index contributed by atoms with van der Waals surface area (Å²) in [4.78, 5) is 15.3. The molecule has 0 N–H and O–H groups in total. The Bertz CT molecular complexity index is 2460. The number of benzene rings is 4.